The number of hydrogen-bond donors (Lipinski definition) is 1. The molecule has 2 aromatic carbocycles. The number of nitrogens with one attached hydrogen (secondary N) is 1. The Hall–Kier alpha value is -1.67. The maximum absolute atomic E-state index is 5.60. The maximum atomic E-state index is 5.60. The molecule has 2 heteroatoms. The Morgan fingerprint density at radius 2 is 1.68 bits per heavy atom. The first-order valence-electron chi connectivity index (χ1n) is 7.87. The lowest BCUT2D eigenvalue weighted by Gasteiger charge is -2.14. The fraction of sp³-hybridized carbons (Fsp3) is 0.350. The molecule has 1 nitrogen and oxygen atoms in total. The lowest BCUT2D eigenvalue weighted by Crippen LogP contribution is -2.11. The zero-order valence-electron chi connectivity index (χ0n) is 13.9. The van der Waals surface area contributed by atoms with Crippen molar-refractivity contribution in [2.75, 3.05) is 5.32 Å². The van der Waals surface area contributed by atoms with Crippen molar-refractivity contribution < 1.29 is 0 Å². The van der Waals surface area contributed by atoms with Gasteiger partial charge in [-0.1, -0.05) is 54.2 Å². The van der Waals surface area contributed by atoms with Gasteiger partial charge in [0.2, 0.25) is 0 Å². The van der Waals surface area contributed by atoms with E-state index in [4.69, 9.17) is 12.2 Å². The molecule has 0 amide bonds. The van der Waals surface area contributed by atoms with E-state index < -0.39 is 0 Å². The molecule has 22 heavy (non-hydrogen) atoms. The first-order valence-corrected chi connectivity index (χ1v) is 8.28. The van der Waals surface area contributed by atoms with Crippen LogP contribution in [-0.2, 0) is 12.8 Å². The van der Waals surface area contributed by atoms with Crippen LogP contribution in [0.15, 0.2) is 42.5 Å². The van der Waals surface area contributed by atoms with Gasteiger partial charge in [-0.15, -0.1) is 0 Å². The van der Waals surface area contributed by atoms with Crippen LogP contribution in [0, 0.1) is 13.8 Å². The van der Waals surface area contributed by atoms with Gasteiger partial charge >= 0.3 is 0 Å². The number of benzene rings is 2. The lowest BCUT2D eigenvalue weighted by atomic mass is 10.0. The van der Waals surface area contributed by atoms with E-state index in [-0.39, 0.29) is 0 Å². The smallest absolute Gasteiger partial charge is 0.0374 e. The molecule has 0 saturated heterocycles. The first kappa shape index (κ1) is 16.7. The van der Waals surface area contributed by atoms with E-state index in [1.165, 1.54) is 27.9 Å². The summed E-state index contributed by atoms with van der Waals surface area (Å²) < 4.78 is 0. The van der Waals surface area contributed by atoms with Crippen LogP contribution in [0.4, 0.5) is 5.69 Å². The first-order chi connectivity index (χ1) is 10.4. The largest absolute Gasteiger partial charge is 0.383 e. The fourth-order valence-electron chi connectivity index (χ4n) is 2.59. The molecule has 0 aliphatic heterocycles. The van der Waals surface area contributed by atoms with Crippen LogP contribution in [-0.4, -0.2) is 10.9 Å². The van der Waals surface area contributed by atoms with Gasteiger partial charge < -0.3 is 5.32 Å². The van der Waals surface area contributed by atoms with Gasteiger partial charge in [-0.3, -0.25) is 0 Å². The molecule has 0 atom stereocenters. The summed E-state index contributed by atoms with van der Waals surface area (Å²) in [5.41, 5.74) is 6.37. The average molecular weight is 311 g/mol. The average Bonchev–Trinajstić information content (AvgIpc) is 2.42. The second-order valence-corrected chi connectivity index (χ2v) is 6.91. The van der Waals surface area contributed by atoms with E-state index in [2.05, 4.69) is 75.5 Å². The molecular formula is C20H25NS. The number of hydrogen-bond acceptors (Lipinski definition) is 2. The zero-order valence-corrected chi connectivity index (χ0v) is 14.8. The minimum Gasteiger partial charge on any atom is -0.383 e. The Bertz CT molecular complexity index is 659. The second kappa shape index (κ2) is 7.55. The molecule has 116 valence electrons. The standard InChI is InChI=1S/C20H25NS/c1-14(2)21-20-13-18(9-8-16(20)4)12-19(22)11-17-7-5-6-15(3)10-17/h5-10,13-14,21H,11-12H2,1-4H3. The second-order valence-electron chi connectivity index (χ2n) is 6.33. The Labute approximate surface area is 139 Å². The van der Waals surface area contributed by atoms with Crippen molar-refractivity contribution in [1.29, 1.82) is 0 Å². The minimum atomic E-state index is 0.438. The molecule has 0 fully saturated rings. The van der Waals surface area contributed by atoms with Crippen molar-refractivity contribution >= 4 is 22.8 Å². The summed E-state index contributed by atoms with van der Waals surface area (Å²) in [6, 6.07) is 15.6. The summed E-state index contributed by atoms with van der Waals surface area (Å²) in [7, 11) is 0. The van der Waals surface area contributed by atoms with Crippen molar-refractivity contribution in [2.24, 2.45) is 0 Å². The van der Waals surface area contributed by atoms with Gasteiger partial charge in [-0.05, 0) is 50.5 Å². The molecule has 0 aromatic heterocycles. The Morgan fingerprint density at radius 3 is 2.32 bits per heavy atom. The van der Waals surface area contributed by atoms with Gasteiger partial charge in [0, 0.05) is 29.4 Å². The number of anilines is 1. The van der Waals surface area contributed by atoms with E-state index in [1.54, 1.807) is 0 Å². The predicted molar refractivity (Wildman–Crippen MR) is 101 cm³/mol. The van der Waals surface area contributed by atoms with Gasteiger partial charge in [0.05, 0.1) is 0 Å². The maximum Gasteiger partial charge on any atom is 0.0374 e. The molecule has 2 aromatic rings. The van der Waals surface area contributed by atoms with Crippen LogP contribution < -0.4 is 5.32 Å². The normalized spacial score (nSPS) is 10.8. The molecule has 0 saturated carbocycles. The highest BCUT2D eigenvalue weighted by Crippen LogP contribution is 2.19. The molecule has 1 N–H and O–H groups in total. The van der Waals surface area contributed by atoms with Gasteiger partial charge in [0.1, 0.15) is 0 Å². The van der Waals surface area contributed by atoms with Crippen LogP contribution in [0.2, 0.25) is 0 Å². The van der Waals surface area contributed by atoms with Crippen LogP contribution in [0.3, 0.4) is 0 Å². The molecule has 0 spiro atoms. The van der Waals surface area contributed by atoms with Gasteiger partial charge in [0.25, 0.3) is 0 Å². The summed E-state index contributed by atoms with van der Waals surface area (Å²) in [4.78, 5) is 1.09. The molecule has 0 heterocycles. The van der Waals surface area contributed by atoms with Crippen LogP contribution in [0.5, 0.6) is 0 Å². The highest BCUT2D eigenvalue weighted by molar-refractivity contribution is 7.80. The molecule has 2 rings (SSSR count). The summed E-state index contributed by atoms with van der Waals surface area (Å²) >= 11 is 5.60. The number of aryl methyl sites for hydroxylation is 2. The van der Waals surface area contributed by atoms with Crippen molar-refractivity contribution in [2.45, 2.75) is 46.6 Å². The minimum absolute atomic E-state index is 0.438. The van der Waals surface area contributed by atoms with Gasteiger partial charge in [0.15, 0.2) is 0 Å². The molecule has 0 radical (unpaired) electrons. The third-order valence-electron chi connectivity index (χ3n) is 3.63. The van der Waals surface area contributed by atoms with E-state index in [0.717, 1.165) is 17.7 Å². The highest BCUT2D eigenvalue weighted by Gasteiger charge is 2.06. The van der Waals surface area contributed by atoms with Crippen molar-refractivity contribution in [3.05, 3.63) is 64.7 Å². The van der Waals surface area contributed by atoms with Crippen LogP contribution in [0.25, 0.3) is 0 Å². The third-order valence-corrected chi connectivity index (χ3v) is 3.92. The summed E-state index contributed by atoms with van der Waals surface area (Å²) in [5, 5.41) is 3.50. The van der Waals surface area contributed by atoms with Crippen molar-refractivity contribution in [3.8, 4) is 0 Å². The number of rotatable bonds is 6. The number of thiocarbonyl (C=S) groups is 1. The van der Waals surface area contributed by atoms with E-state index in [9.17, 15) is 0 Å². The third kappa shape index (κ3) is 4.96. The summed E-state index contributed by atoms with van der Waals surface area (Å²) in [6.45, 7) is 8.58. The van der Waals surface area contributed by atoms with Crippen molar-refractivity contribution in [3.63, 3.8) is 0 Å². The Morgan fingerprint density at radius 1 is 1.00 bits per heavy atom. The SMILES string of the molecule is Cc1cccc(CC(=S)Cc2ccc(C)c(NC(C)C)c2)c1. The van der Waals surface area contributed by atoms with E-state index in [0.29, 0.717) is 6.04 Å². The molecule has 0 unspecified atom stereocenters. The van der Waals surface area contributed by atoms with Crippen molar-refractivity contribution in [1.82, 2.24) is 0 Å². The lowest BCUT2D eigenvalue weighted by molar-refractivity contribution is 0.897. The summed E-state index contributed by atoms with van der Waals surface area (Å²) in [5.74, 6) is 0. The quantitative estimate of drug-likeness (QED) is 0.729. The fourth-order valence-corrected chi connectivity index (χ4v) is 2.92. The molecule has 0 aliphatic carbocycles. The van der Waals surface area contributed by atoms with Gasteiger partial charge in [-0.2, -0.15) is 0 Å². The topological polar surface area (TPSA) is 12.0 Å². The Balaban J connectivity index is 2.05. The highest BCUT2D eigenvalue weighted by atomic mass is 32.1. The monoisotopic (exact) mass is 311 g/mol. The molecule has 0 bridgehead atoms. The van der Waals surface area contributed by atoms with E-state index in [1.807, 2.05) is 0 Å². The zero-order chi connectivity index (χ0) is 16.1. The Kier molecular flexibility index (Phi) is 5.73. The predicted octanol–water partition coefficient (Wildman–Crippen LogP) is 5.28. The van der Waals surface area contributed by atoms with Crippen LogP contribution >= 0.6 is 12.2 Å². The molecular weight excluding hydrogens is 286 g/mol. The van der Waals surface area contributed by atoms with E-state index >= 15 is 0 Å². The molecule has 0 aliphatic rings. The van der Waals surface area contributed by atoms with Crippen LogP contribution in [0.1, 0.15) is 36.1 Å². The van der Waals surface area contributed by atoms with Gasteiger partial charge in [-0.25, -0.2) is 0 Å². The summed E-state index contributed by atoms with van der Waals surface area (Å²) in [6.07, 6.45) is 1.73.